The van der Waals surface area contributed by atoms with Gasteiger partial charge in [-0.2, -0.15) is 0 Å². The molecule has 1 saturated heterocycles. The van der Waals surface area contributed by atoms with Crippen LogP contribution >= 0.6 is 0 Å². The summed E-state index contributed by atoms with van der Waals surface area (Å²) in [7, 11) is 0. The highest BCUT2D eigenvalue weighted by atomic mass is 16.6. The Hall–Kier alpha value is -1.87. The number of rotatable bonds is 7. The van der Waals surface area contributed by atoms with E-state index in [1.807, 2.05) is 13.8 Å². The van der Waals surface area contributed by atoms with Crippen molar-refractivity contribution < 1.29 is 29.3 Å². The molecule has 9 nitrogen and oxygen atoms in total. The lowest BCUT2D eigenvalue weighted by Gasteiger charge is -2.60. The molecule has 2 aliphatic carbocycles. The smallest absolute Gasteiger partial charge is 0.407 e. The van der Waals surface area contributed by atoms with E-state index in [1.54, 1.807) is 4.90 Å². The number of fused-ring (bicyclic) bond motifs is 1. The molecule has 3 amide bonds. The maximum atomic E-state index is 13.2. The molecule has 0 aromatic carbocycles. The van der Waals surface area contributed by atoms with Crippen molar-refractivity contribution in [3.05, 3.63) is 0 Å². The van der Waals surface area contributed by atoms with Crippen LogP contribution in [0, 0.1) is 22.7 Å². The molecule has 194 valence electrons. The quantitative estimate of drug-likeness (QED) is 0.439. The first-order valence-corrected chi connectivity index (χ1v) is 12.8. The number of nitrogens with zero attached hydrogens (tertiary/aromatic N) is 1. The molecule has 34 heavy (non-hydrogen) atoms. The number of nitrogens with one attached hydrogen (secondary N) is 2. The van der Waals surface area contributed by atoms with Gasteiger partial charge in [0.2, 0.25) is 11.8 Å². The Bertz CT molecular complexity index is 763. The van der Waals surface area contributed by atoms with Crippen LogP contribution < -0.4 is 10.6 Å². The summed E-state index contributed by atoms with van der Waals surface area (Å²) in [5, 5.41) is 27.1. The number of hydrogen-bond acceptors (Lipinski definition) is 6. The largest absolute Gasteiger partial charge is 0.446 e. The zero-order valence-electron chi connectivity index (χ0n) is 21.1. The van der Waals surface area contributed by atoms with Crippen molar-refractivity contribution in [1.29, 1.82) is 0 Å². The number of aliphatic hydroxyl groups excluding tert-OH is 2. The van der Waals surface area contributed by atoms with Crippen molar-refractivity contribution in [3.8, 4) is 0 Å². The molecule has 3 rings (SSSR count). The van der Waals surface area contributed by atoms with Crippen molar-refractivity contribution >= 4 is 17.9 Å². The summed E-state index contributed by atoms with van der Waals surface area (Å²) >= 11 is 0. The molecular formula is C25H43N3O6. The molecule has 7 atom stereocenters. The van der Waals surface area contributed by atoms with Gasteiger partial charge in [0.1, 0.15) is 6.10 Å². The van der Waals surface area contributed by atoms with Crippen molar-refractivity contribution in [2.24, 2.45) is 22.7 Å². The SMILES string of the molecule is CCCNC(=O)O[C@@H]1CC[C@]2(C)[C@@H](CC[C@@H](O)[C@H]2CC(=O)N2CC[C@H](NC(C)=O)C2)[C@]1(C)CO. The van der Waals surface area contributed by atoms with Gasteiger partial charge < -0.3 is 30.5 Å². The zero-order chi connectivity index (χ0) is 25.1. The van der Waals surface area contributed by atoms with Gasteiger partial charge in [0.15, 0.2) is 0 Å². The topological polar surface area (TPSA) is 128 Å². The number of likely N-dealkylation sites (tertiary alicyclic amines) is 1. The van der Waals surface area contributed by atoms with E-state index < -0.39 is 23.7 Å². The number of carbonyl (C=O) groups is 3. The van der Waals surface area contributed by atoms with E-state index in [1.165, 1.54) is 6.92 Å². The number of amides is 3. The van der Waals surface area contributed by atoms with E-state index in [4.69, 9.17) is 4.74 Å². The predicted octanol–water partition coefficient (Wildman–Crippen LogP) is 1.80. The van der Waals surface area contributed by atoms with Crippen molar-refractivity contribution in [2.45, 2.75) is 90.9 Å². The Labute approximate surface area is 203 Å². The summed E-state index contributed by atoms with van der Waals surface area (Å²) in [4.78, 5) is 38.7. The minimum absolute atomic E-state index is 0.00166. The summed E-state index contributed by atoms with van der Waals surface area (Å²) in [6.07, 6.45) is 2.88. The molecule has 2 saturated carbocycles. The fourth-order valence-corrected chi connectivity index (χ4v) is 6.89. The van der Waals surface area contributed by atoms with Crippen molar-refractivity contribution in [3.63, 3.8) is 0 Å². The van der Waals surface area contributed by atoms with Gasteiger partial charge in [0, 0.05) is 44.4 Å². The second-order valence-electron chi connectivity index (χ2n) is 11.1. The molecule has 0 radical (unpaired) electrons. The Kier molecular flexibility index (Phi) is 8.50. The fraction of sp³-hybridized carbons (Fsp3) is 0.880. The maximum absolute atomic E-state index is 13.2. The molecule has 3 aliphatic rings. The first kappa shape index (κ1) is 26.7. The summed E-state index contributed by atoms with van der Waals surface area (Å²) in [5.41, 5.74) is -1.01. The third-order valence-corrected chi connectivity index (χ3v) is 8.79. The Balaban J connectivity index is 1.73. The van der Waals surface area contributed by atoms with Gasteiger partial charge in [-0.1, -0.05) is 20.8 Å². The molecule has 0 aromatic heterocycles. The van der Waals surface area contributed by atoms with E-state index >= 15 is 0 Å². The number of ether oxygens (including phenoxy) is 1. The van der Waals surface area contributed by atoms with Gasteiger partial charge in [-0.05, 0) is 55.8 Å². The molecule has 1 aliphatic heterocycles. The molecule has 1 heterocycles. The van der Waals surface area contributed by atoms with Crippen molar-refractivity contribution in [1.82, 2.24) is 15.5 Å². The fourth-order valence-electron chi connectivity index (χ4n) is 6.89. The molecule has 0 unspecified atom stereocenters. The maximum Gasteiger partial charge on any atom is 0.407 e. The Morgan fingerprint density at radius 3 is 2.53 bits per heavy atom. The summed E-state index contributed by atoms with van der Waals surface area (Å²) in [6.45, 7) is 9.07. The highest BCUT2D eigenvalue weighted by Gasteiger charge is 2.60. The predicted molar refractivity (Wildman–Crippen MR) is 127 cm³/mol. The first-order chi connectivity index (χ1) is 16.0. The van der Waals surface area contributed by atoms with Crippen LogP contribution in [0.4, 0.5) is 4.79 Å². The normalized spacial score (nSPS) is 37.6. The van der Waals surface area contributed by atoms with Crippen LogP contribution in [0.25, 0.3) is 0 Å². The van der Waals surface area contributed by atoms with E-state index in [0.29, 0.717) is 45.3 Å². The lowest BCUT2D eigenvalue weighted by molar-refractivity contribution is -0.187. The van der Waals surface area contributed by atoms with Gasteiger partial charge in [-0.3, -0.25) is 9.59 Å². The molecule has 0 spiro atoms. The van der Waals surface area contributed by atoms with Gasteiger partial charge in [-0.25, -0.2) is 4.79 Å². The molecule has 3 fully saturated rings. The summed E-state index contributed by atoms with van der Waals surface area (Å²) in [5.74, 6) is -0.321. The van der Waals surface area contributed by atoms with E-state index in [0.717, 1.165) is 12.8 Å². The number of carbonyl (C=O) groups excluding carboxylic acids is 3. The molecule has 4 N–H and O–H groups in total. The molecule has 0 bridgehead atoms. The second kappa shape index (κ2) is 10.8. The number of aliphatic hydroxyl groups is 2. The van der Waals surface area contributed by atoms with Crippen LogP contribution in [0.2, 0.25) is 0 Å². The summed E-state index contributed by atoms with van der Waals surface area (Å²) < 4.78 is 5.78. The first-order valence-electron chi connectivity index (χ1n) is 12.8. The highest BCUT2D eigenvalue weighted by molar-refractivity contribution is 5.77. The number of hydrogen-bond donors (Lipinski definition) is 4. The number of alkyl carbamates (subject to hydrolysis) is 1. The van der Waals surface area contributed by atoms with Crippen LogP contribution in [-0.4, -0.2) is 77.5 Å². The van der Waals surface area contributed by atoms with E-state index in [-0.39, 0.29) is 48.1 Å². The third kappa shape index (κ3) is 5.35. The monoisotopic (exact) mass is 481 g/mol. The minimum atomic E-state index is -0.651. The minimum Gasteiger partial charge on any atom is -0.446 e. The van der Waals surface area contributed by atoms with Crippen LogP contribution in [0.1, 0.15) is 72.6 Å². The Morgan fingerprint density at radius 1 is 1.15 bits per heavy atom. The Morgan fingerprint density at radius 2 is 1.88 bits per heavy atom. The highest BCUT2D eigenvalue weighted by Crippen LogP contribution is 2.61. The molecule has 9 heteroatoms. The second-order valence-corrected chi connectivity index (χ2v) is 11.1. The van der Waals surface area contributed by atoms with Gasteiger partial charge in [-0.15, -0.1) is 0 Å². The molecule has 0 aromatic rings. The third-order valence-electron chi connectivity index (χ3n) is 8.79. The van der Waals surface area contributed by atoms with Gasteiger partial charge in [0.25, 0.3) is 0 Å². The molecular weight excluding hydrogens is 438 g/mol. The summed E-state index contributed by atoms with van der Waals surface area (Å²) in [6, 6.07) is -0.0230. The van der Waals surface area contributed by atoms with Gasteiger partial charge >= 0.3 is 6.09 Å². The lowest BCUT2D eigenvalue weighted by atomic mass is 9.46. The van der Waals surface area contributed by atoms with Crippen LogP contribution in [0.15, 0.2) is 0 Å². The average Bonchev–Trinajstić information content (AvgIpc) is 3.24. The average molecular weight is 482 g/mol. The van der Waals surface area contributed by atoms with E-state index in [2.05, 4.69) is 17.6 Å². The van der Waals surface area contributed by atoms with Crippen LogP contribution in [0.5, 0.6) is 0 Å². The van der Waals surface area contributed by atoms with Crippen LogP contribution in [0.3, 0.4) is 0 Å². The lowest BCUT2D eigenvalue weighted by Crippen LogP contribution is -2.61. The van der Waals surface area contributed by atoms with Gasteiger partial charge in [0.05, 0.1) is 12.7 Å². The van der Waals surface area contributed by atoms with Crippen LogP contribution in [-0.2, 0) is 14.3 Å². The zero-order valence-corrected chi connectivity index (χ0v) is 21.1. The van der Waals surface area contributed by atoms with E-state index in [9.17, 15) is 24.6 Å². The standard InChI is InChI=1S/C25H43N3O6/c1-5-11-26-23(33)34-21-8-10-24(3)18(19(31)6-7-20(24)25(21,4)15-29)13-22(32)28-12-9-17(14-28)27-16(2)30/h17-21,29,31H,5-15H2,1-4H3,(H,26,33)(H,27,30)/t17-,18+,19+,20+,21+,24-,25-/m0/s1. The van der Waals surface area contributed by atoms with Crippen molar-refractivity contribution in [2.75, 3.05) is 26.2 Å².